The highest BCUT2D eigenvalue weighted by Crippen LogP contribution is 2.47. The fourth-order valence-corrected chi connectivity index (χ4v) is 6.18. The third-order valence-corrected chi connectivity index (χ3v) is 8.81. The van der Waals surface area contributed by atoms with Gasteiger partial charge in [0.2, 0.25) is 5.75 Å². The molecule has 2 amide bonds. The van der Waals surface area contributed by atoms with E-state index in [0.717, 1.165) is 34.4 Å². The average molecular weight is 687 g/mol. The summed E-state index contributed by atoms with van der Waals surface area (Å²) in [6.07, 6.45) is 4.88. The highest BCUT2D eigenvalue weighted by molar-refractivity contribution is 7.99. The van der Waals surface area contributed by atoms with Crippen LogP contribution < -0.4 is 29.0 Å². The van der Waals surface area contributed by atoms with Crippen molar-refractivity contribution in [3.8, 4) is 28.7 Å². The Bertz CT molecular complexity index is 1510. The van der Waals surface area contributed by atoms with Crippen molar-refractivity contribution < 1.29 is 38.4 Å². The van der Waals surface area contributed by atoms with Crippen LogP contribution in [0.4, 0.5) is 4.79 Å². The number of hydrogen-bond acceptors (Lipinski definition) is 9. The van der Waals surface area contributed by atoms with Crippen LogP contribution in [0.3, 0.4) is 0 Å². The zero-order chi connectivity index (χ0) is 34.1. The van der Waals surface area contributed by atoms with E-state index >= 15 is 0 Å². The van der Waals surface area contributed by atoms with Crippen LogP contribution in [0.25, 0.3) is 0 Å². The molecule has 4 rings (SSSR count). The molecule has 1 fully saturated rings. The van der Waals surface area contributed by atoms with E-state index in [-0.39, 0.29) is 23.7 Å². The van der Waals surface area contributed by atoms with Crippen molar-refractivity contribution in [2.24, 2.45) is 0 Å². The second kappa shape index (κ2) is 16.9. The number of carbonyl (C=O) groups excluding carboxylic acids is 1. The number of methoxy groups -OCH3 is 4. The minimum atomic E-state index is -0.621. The highest BCUT2D eigenvalue weighted by atomic mass is 35.5. The molecule has 3 unspecified atom stereocenters. The third-order valence-electron chi connectivity index (χ3n) is 7.58. The Morgan fingerprint density at radius 2 is 1.49 bits per heavy atom. The molecule has 0 aromatic heterocycles. The van der Waals surface area contributed by atoms with Crippen LogP contribution in [0, 0.1) is 0 Å². The molecule has 47 heavy (non-hydrogen) atoms. The van der Waals surface area contributed by atoms with Crippen molar-refractivity contribution in [3.63, 3.8) is 0 Å². The number of nitrogens with one attached hydrogen (secondary N) is 1. The van der Waals surface area contributed by atoms with Gasteiger partial charge in [0.15, 0.2) is 23.0 Å². The number of carbonyl (C=O) groups is 1. The summed E-state index contributed by atoms with van der Waals surface area (Å²) in [6, 6.07) is 14.4. The topological polar surface area (TPSA) is 108 Å². The molecule has 3 aromatic carbocycles. The Morgan fingerprint density at radius 1 is 0.936 bits per heavy atom. The van der Waals surface area contributed by atoms with Gasteiger partial charge in [0.05, 0.1) is 46.7 Å². The molecule has 3 atom stereocenters. The normalized spacial score (nSPS) is 16.6. The molecular formula is C35H43ClN2O8S. The minimum absolute atomic E-state index is 0.188. The lowest BCUT2D eigenvalue weighted by Gasteiger charge is -2.22. The monoisotopic (exact) mass is 686 g/mol. The number of amides is 2. The molecule has 0 bridgehead atoms. The van der Waals surface area contributed by atoms with Gasteiger partial charge in [-0.15, -0.1) is 0 Å². The predicted molar refractivity (Wildman–Crippen MR) is 182 cm³/mol. The third kappa shape index (κ3) is 9.19. The van der Waals surface area contributed by atoms with Gasteiger partial charge in [-0.25, -0.2) is 9.86 Å². The number of thioether (sulfide) groups is 1. The summed E-state index contributed by atoms with van der Waals surface area (Å²) in [5.41, 5.74) is 2.45. The number of hydrogen-bond donors (Lipinski definition) is 2. The fourth-order valence-electron chi connectivity index (χ4n) is 5.23. The number of hydroxylamine groups is 2. The summed E-state index contributed by atoms with van der Waals surface area (Å²) in [4.78, 5) is 13.2. The van der Waals surface area contributed by atoms with Crippen LogP contribution in [0.15, 0.2) is 65.7 Å². The van der Waals surface area contributed by atoms with Crippen LogP contribution in [-0.4, -0.2) is 56.2 Å². The van der Waals surface area contributed by atoms with Gasteiger partial charge in [0, 0.05) is 21.7 Å². The second-order valence-electron chi connectivity index (χ2n) is 11.1. The van der Waals surface area contributed by atoms with Crippen molar-refractivity contribution in [1.29, 1.82) is 0 Å². The Morgan fingerprint density at radius 3 is 2.02 bits per heavy atom. The molecule has 0 aliphatic carbocycles. The van der Waals surface area contributed by atoms with Crippen LogP contribution in [0.5, 0.6) is 28.7 Å². The second-order valence-corrected chi connectivity index (χ2v) is 12.9. The molecule has 1 heterocycles. The molecule has 3 aromatic rings. The van der Waals surface area contributed by atoms with Gasteiger partial charge in [-0.05, 0) is 99.7 Å². The number of nitrogens with zero attached hydrogens (tertiary/aromatic N) is 1. The van der Waals surface area contributed by atoms with Gasteiger partial charge >= 0.3 is 6.03 Å². The quantitative estimate of drug-likeness (QED) is 0.0749. The SMILES string of the molecule is COc1cc(C2CCC(c3cc(OC)c(OC)c(OC)c3)O2)cc(C/C=C/NC(=O)N(O)C(C)C)c1OC(C)Sc1ccc(Cl)cc1. The lowest BCUT2D eigenvalue weighted by atomic mass is 9.99. The summed E-state index contributed by atoms with van der Waals surface area (Å²) < 4.78 is 35.6. The minimum Gasteiger partial charge on any atom is -0.493 e. The molecule has 254 valence electrons. The molecule has 10 nitrogen and oxygen atoms in total. The Kier molecular flexibility index (Phi) is 12.9. The molecule has 2 N–H and O–H groups in total. The summed E-state index contributed by atoms with van der Waals surface area (Å²) in [5, 5.41) is 13.8. The number of allylic oxidation sites excluding steroid dienone is 1. The molecule has 1 saturated heterocycles. The smallest absolute Gasteiger partial charge is 0.345 e. The lowest BCUT2D eigenvalue weighted by molar-refractivity contribution is -0.0665. The molecule has 1 aliphatic heterocycles. The van der Waals surface area contributed by atoms with Gasteiger partial charge < -0.3 is 33.7 Å². The van der Waals surface area contributed by atoms with Gasteiger partial charge in [-0.2, -0.15) is 0 Å². The Balaban J connectivity index is 1.61. The molecule has 1 aliphatic rings. The summed E-state index contributed by atoms with van der Waals surface area (Å²) in [7, 11) is 6.37. The number of ether oxygens (including phenoxy) is 6. The summed E-state index contributed by atoms with van der Waals surface area (Å²) in [5.74, 6) is 2.83. The van der Waals surface area contributed by atoms with Crippen LogP contribution in [0.2, 0.25) is 5.02 Å². The molecule has 0 radical (unpaired) electrons. The number of halogens is 1. The molecule has 0 spiro atoms. The maximum absolute atomic E-state index is 12.2. The first-order valence-electron chi connectivity index (χ1n) is 15.3. The molecule has 12 heteroatoms. The van der Waals surface area contributed by atoms with Crippen LogP contribution >= 0.6 is 23.4 Å². The van der Waals surface area contributed by atoms with Crippen molar-refractivity contribution in [2.75, 3.05) is 28.4 Å². The van der Waals surface area contributed by atoms with E-state index in [1.54, 1.807) is 60.1 Å². The van der Waals surface area contributed by atoms with E-state index in [2.05, 4.69) is 11.4 Å². The maximum Gasteiger partial charge on any atom is 0.345 e. The molecular weight excluding hydrogens is 644 g/mol. The maximum atomic E-state index is 12.2. The van der Waals surface area contributed by atoms with Crippen molar-refractivity contribution in [3.05, 3.63) is 82.5 Å². The van der Waals surface area contributed by atoms with Crippen LogP contribution in [-0.2, 0) is 11.2 Å². The highest BCUT2D eigenvalue weighted by Gasteiger charge is 2.31. The first-order valence-corrected chi connectivity index (χ1v) is 16.5. The van der Waals surface area contributed by atoms with Crippen molar-refractivity contribution >= 4 is 29.4 Å². The average Bonchev–Trinajstić information content (AvgIpc) is 3.57. The first kappa shape index (κ1) is 36.1. The number of benzene rings is 3. The zero-order valence-corrected chi connectivity index (χ0v) is 29.3. The van der Waals surface area contributed by atoms with Crippen molar-refractivity contribution in [1.82, 2.24) is 10.4 Å². The number of rotatable bonds is 14. The zero-order valence-electron chi connectivity index (χ0n) is 27.7. The number of urea groups is 1. The standard InChI is InChI=1S/C35H43ClN2O8S/c1-21(2)38(40)35(39)37-16-8-9-23-17-24(18-30(41-4)33(23)45-22(3)47-27-12-10-26(36)11-13-27)28-14-15-29(46-28)25-19-31(42-5)34(44-7)32(20-25)43-6/h8,10-13,16-22,28-29,40H,9,14-15H2,1-7H3,(H,37,39)/b16-8+. The largest absolute Gasteiger partial charge is 0.493 e. The van der Waals surface area contributed by atoms with E-state index in [1.807, 2.05) is 49.4 Å². The summed E-state index contributed by atoms with van der Waals surface area (Å²) >= 11 is 7.62. The van der Waals surface area contributed by atoms with E-state index in [4.69, 9.17) is 40.0 Å². The first-order chi connectivity index (χ1) is 22.6. The molecule has 0 saturated carbocycles. The van der Waals surface area contributed by atoms with E-state index < -0.39 is 6.03 Å². The Labute approximate surface area is 285 Å². The van der Waals surface area contributed by atoms with Gasteiger partial charge in [-0.1, -0.05) is 29.4 Å². The van der Waals surface area contributed by atoms with Gasteiger partial charge in [0.25, 0.3) is 0 Å². The van der Waals surface area contributed by atoms with Crippen molar-refractivity contribution in [2.45, 2.75) is 68.6 Å². The van der Waals surface area contributed by atoms with E-state index in [9.17, 15) is 10.0 Å². The van der Waals surface area contributed by atoms with Crippen LogP contribution in [0.1, 0.15) is 62.5 Å². The van der Waals surface area contributed by atoms with Gasteiger partial charge in [0.1, 0.15) is 5.44 Å². The Hall–Kier alpha value is -3.77. The lowest BCUT2D eigenvalue weighted by Crippen LogP contribution is -2.39. The predicted octanol–water partition coefficient (Wildman–Crippen LogP) is 8.35. The summed E-state index contributed by atoms with van der Waals surface area (Å²) in [6.45, 7) is 5.40. The van der Waals surface area contributed by atoms with E-state index in [1.165, 1.54) is 6.20 Å². The fraction of sp³-hybridized carbons (Fsp3) is 0.400. The van der Waals surface area contributed by atoms with E-state index in [0.29, 0.717) is 45.3 Å². The van der Waals surface area contributed by atoms with Gasteiger partial charge in [-0.3, -0.25) is 5.21 Å².